The average molecular weight is 328 g/mol. The summed E-state index contributed by atoms with van der Waals surface area (Å²) in [5.41, 5.74) is 2.63. The van der Waals surface area contributed by atoms with Crippen molar-refractivity contribution < 1.29 is 4.39 Å². The molecular weight excluding hydrogens is 299 g/mol. The Morgan fingerprint density at radius 1 is 1.38 bits per heavy atom. The number of nitriles is 1. The highest BCUT2D eigenvalue weighted by atomic mass is 19.1. The lowest BCUT2D eigenvalue weighted by molar-refractivity contribution is -0.0660. The first-order chi connectivity index (χ1) is 11.2. The molecule has 3 heteroatoms. The van der Waals surface area contributed by atoms with Crippen molar-refractivity contribution in [3.8, 4) is 6.07 Å². The summed E-state index contributed by atoms with van der Waals surface area (Å²) in [6.07, 6.45) is 0.0500. The summed E-state index contributed by atoms with van der Waals surface area (Å²) >= 11 is 0. The molecule has 0 radical (unpaired) electrons. The minimum atomic E-state index is -0.972. The molecular formula is C21H29FN2. The topological polar surface area (TPSA) is 27.0 Å². The predicted molar refractivity (Wildman–Crippen MR) is 98.1 cm³/mol. The summed E-state index contributed by atoms with van der Waals surface area (Å²) in [5.74, 6) is 0. The molecule has 1 fully saturated rings. The van der Waals surface area contributed by atoms with Crippen LogP contribution < -0.4 is 0 Å². The average Bonchev–Trinajstić information content (AvgIpc) is 2.49. The number of piperidine rings is 1. The largest absolute Gasteiger partial charge is 0.296 e. The zero-order valence-electron chi connectivity index (χ0n) is 15.4. The second-order valence-electron chi connectivity index (χ2n) is 8.17. The molecule has 1 aromatic carbocycles. The summed E-state index contributed by atoms with van der Waals surface area (Å²) in [4.78, 5) is 2.17. The molecule has 0 aromatic heterocycles. The maximum atomic E-state index is 15.1. The molecule has 2 unspecified atom stereocenters. The van der Waals surface area contributed by atoms with Crippen molar-refractivity contribution in [3.05, 3.63) is 42.0 Å². The van der Waals surface area contributed by atoms with Crippen molar-refractivity contribution in [2.45, 2.75) is 53.3 Å². The number of halogens is 1. The van der Waals surface area contributed by atoms with Crippen LogP contribution in [0.5, 0.6) is 0 Å². The first kappa shape index (κ1) is 18.7. The molecule has 1 aliphatic rings. The molecule has 2 atom stereocenters. The molecule has 0 N–H and O–H groups in total. The Hall–Kier alpha value is -1.66. The number of hydrogen-bond donors (Lipinski definition) is 0. The predicted octanol–water partition coefficient (Wildman–Crippen LogP) is 5.21. The van der Waals surface area contributed by atoms with Gasteiger partial charge in [0.05, 0.1) is 6.07 Å². The van der Waals surface area contributed by atoms with Gasteiger partial charge in [0, 0.05) is 24.9 Å². The van der Waals surface area contributed by atoms with Crippen molar-refractivity contribution in [1.82, 2.24) is 4.90 Å². The monoisotopic (exact) mass is 328 g/mol. The van der Waals surface area contributed by atoms with Crippen molar-refractivity contribution in [2.75, 3.05) is 13.1 Å². The van der Waals surface area contributed by atoms with E-state index < -0.39 is 11.6 Å². The van der Waals surface area contributed by atoms with Crippen molar-refractivity contribution in [1.29, 1.82) is 5.26 Å². The van der Waals surface area contributed by atoms with Gasteiger partial charge in [0.25, 0.3) is 0 Å². The van der Waals surface area contributed by atoms with Gasteiger partial charge in [-0.3, -0.25) is 4.90 Å². The lowest BCUT2D eigenvalue weighted by Gasteiger charge is -2.51. The third-order valence-electron chi connectivity index (χ3n) is 5.63. The van der Waals surface area contributed by atoms with Gasteiger partial charge in [-0.1, -0.05) is 57.2 Å². The van der Waals surface area contributed by atoms with E-state index >= 15 is 4.39 Å². The highest BCUT2D eigenvalue weighted by Crippen LogP contribution is 2.50. The van der Waals surface area contributed by atoms with Crippen LogP contribution in [0, 0.1) is 22.2 Å². The van der Waals surface area contributed by atoms with E-state index in [0.717, 1.165) is 30.6 Å². The summed E-state index contributed by atoms with van der Waals surface area (Å²) in [5, 5.41) is 9.20. The van der Waals surface area contributed by atoms with Crippen LogP contribution >= 0.6 is 0 Å². The Labute approximate surface area is 146 Å². The number of likely N-dealkylation sites (tertiary alicyclic amines) is 1. The number of nitrogens with zero attached hydrogens (tertiary/aromatic N) is 2. The van der Waals surface area contributed by atoms with E-state index in [-0.39, 0.29) is 5.41 Å². The molecule has 0 bridgehead atoms. The Morgan fingerprint density at radius 2 is 2.00 bits per heavy atom. The Morgan fingerprint density at radius 3 is 2.46 bits per heavy atom. The van der Waals surface area contributed by atoms with Gasteiger partial charge in [-0.15, -0.1) is 0 Å². The van der Waals surface area contributed by atoms with E-state index in [1.54, 1.807) is 0 Å². The van der Waals surface area contributed by atoms with Gasteiger partial charge < -0.3 is 0 Å². The van der Waals surface area contributed by atoms with E-state index in [9.17, 15) is 5.26 Å². The standard InChI is InChI=1S/C21H29FN2/c1-16(2)18-8-6-17(7-9-18)14-24-13-11-21(10-12-23,19(22)15-24)20(3,4)5/h6-9,19H,1,10-11,13-15H2,2-5H3. The van der Waals surface area contributed by atoms with Crippen molar-refractivity contribution in [2.24, 2.45) is 10.8 Å². The second kappa shape index (κ2) is 7.07. The molecule has 24 heavy (non-hydrogen) atoms. The van der Waals surface area contributed by atoms with Crippen molar-refractivity contribution >= 4 is 5.57 Å². The third kappa shape index (κ3) is 3.70. The summed E-state index contributed by atoms with van der Waals surface area (Å²) in [7, 11) is 0. The minimum absolute atomic E-state index is 0.211. The number of alkyl halides is 1. The maximum Gasteiger partial charge on any atom is 0.120 e. The van der Waals surface area contributed by atoms with Crippen molar-refractivity contribution in [3.63, 3.8) is 0 Å². The van der Waals surface area contributed by atoms with E-state index in [0.29, 0.717) is 13.0 Å². The SMILES string of the molecule is C=C(C)c1ccc(CN2CCC(CC#N)(C(C)(C)C)C(F)C2)cc1. The molecule has 1 aliphatic heterocycles. The molecule has 0 spiro atoms. The van der Waals surface area contributed by atoms with Crippen LogP contribution in [-0.4, -0.2) is 24.2 Å². The summed E-state index contributed by atoms with van der Waals surface area (Å²) in [6, 6.07) is 10.6. The fourth-order valence-electron chi connectivity index (χ4n) is 3.75. The molecule has 1 aromatic rings. The van der Waals surface area contributed by atoms with Crippen LogP contribution in [0.3, 0.4) is 0 Å². The van der Waals surface area contributed by atoms with Gasteiger partial charge in [0.15, 0.2) is 0 Å². The van der Waals surface area contributed by atoms with E-state index in [4.69, 9.17) is 0 Å². The number of allylic oxidation sites excluding steroid dienone is 1. The molecule has 1 saturated heterocycles. The minimum Gasteiger partial charge on any atom is -0.296 e. The zero-order chi connectivity index (χ0) is 18.0. The molecule has 2 nitrogen and oxygen atoms in total. The van der Waals surface area contributed by atoms with Gasteiger partial charge >= 0.3 is 0 Å². The van der Waals surface area contributed by atoms with Crippen LogP contribution in [0.25, 0.3) is 5.57 Å². The molecule has 1 heterocycles. The molecule has 0 saturated carbocycles. The van der Waals surface area contributed by atoms with E-state index in [1.807, 2.05) is 6.92 Å². The number of benzene rings is 1. The Kier molecular flexibility index (Phi) is 5.50. The van der Waals surface area contributed by atoms with Crippen LogP contribution in [-0.2, 0) is 6.54 Å². The number of rotatable bonds is 4. The maximum absolute atomic E-state index is 15.1. The van der Waals surface area contributed by atoms with Gasteiger partial charge in [-0.2, -0.15) is 5.26 Å². The fraction of sp³-hybridized carbons (Fsp3) is 0.571. The molecule has 0 aliphatic carbocycles. The summed E-state index contributed by atoms with van der Waals surface area (Å²) < 4.78 is 15.1. The van der Waals surface area contributed by atoms with Gasteiger partial charge in [-0.05, 0) is 36.4 Å². The van der Waals surface area contributed by atoms with Crippen LogP contribution in [0.15, 0.2) is 30.8 Å². The summed E-state index contributed by atoms with van der Waals surface area (Å²) in [6.45, 7) is 14.1. The van der Waals surface area contributed by atoms with E-state index in [2.05, 4.69) is 62.6 Å². The lowest BCUT2D eigenvalue weighted by Crippen LogP contribution is -2.54. The Bertz CT molecular complexity index is 621. The fourth-order valence-corrected chi connectivity index (χ4v) is 3.75. The second-order valence-corrected chi connectivity index (χ2v) is 8.17. The molecule has 0 amide bonds. The third-order valence-corrected chi connectivity index (χ3v) is 5.63. The first-order valence-electron chi connectivity index (χ1n) is 8.68. The molecule has 130 valence electrons. The van der Waals surface area contributed by atoms with Crippen LogP contribution in [0.2, 0.25) is 0 Å². The number of hydrogen-bond acceptors (Lipinski definition) is 2. The smallest absolute Gasteiger partial charge is 0.120 e. The Balaban J connectivity index is 2.07. The zero-order valence-corrected chi connectivity index (χ0v) is 15.4. The van der Waals surface area contributed by atoms with Crippen LogP contribution in [0.4, 0.5) is 4.39 Å². The highest BCUT2D eigenvalue weighted by molar-refractivity contribution is 5.61. The first-order valence-corrected chi connectivity index (χ1v) is 8.68. The van der Waals surface area contributed by atoms with Crippen LogP contribution in [0.1, 0.15) is 51.7 Å². The van der Waals surface area contributed by atoms with E-state index in [1.165, 1.54) is 5.56 Å². The quantitative estimate of drug-likeness (QED) is 0.758. The van der Waals surface area contributed by atoms with Gasteiger partial charge in [0.2, 0.25) is 0 Å². The highest BCUT2D eigenvalue weighted by Gasteiger charge is 2.51. The lowest BCUT2D eigenvalue weighted by atomic mass is 9.59. The normalized spacial score (nSPS) is 25.2. The van der Waals surface area contributed by atoms with Gasteiger partial charge in [-0.25, -0.2) is 4.39 Å². The molecule has 2 rings (SSSR count). The van der Waals surface area contributed by atoms with Gasteiger partial charge in [0.1, 0.15) is 6.17 Å².